The molecule has 116 valence electrons. The van der Waals surface area contributed by atoms with Gasteiger partial charge in [-0.3, -0.25) is 9.69 Å². The molecule has 1 heterocycles. The van der Waals surface area contributed by atoms with Gasteiger partial charge in [0.1, 0.15) is 0 Å². The molecule has 1 aliphatic heterocycles. The standard InChI is InChI=1S/C18H28N2O/c1-14-7-8-15(2)17(13-14)18(21)16(3)19(4)11-12-20-9-5-6-10-20/h7-8,13,16H,5-6,9-12H2,1-4H3. The van der Waals surface area contributed by atoms with Crippen LogP contribution in [0.2, 0.25) is 0 Å². The van der Waals surface area contributed by atoms with Crippen LogP contribution >= 0.6 is 0 Å². The molecule has 1 aromatic rings. The van der Waals surface area contributed by atoms with E-state index >= 15 is 0 Å². The summed E-state index contributed by atoms with van der Waals surface area (Å²) in [6.07, 6.45) is 2.64. The Bertz CT molecular complexity index is 492. The number of carbonyl (C=O) groups is 1. The summed E-state index contributed by atoms with van der Waals surface area (Å²) >= 11 is 0. The van der Waals surface area contributed by atoms with Gasteiger partial charge in [-0.2, -0.15) is 0 Å². The Morgan fingerprint density at radius 1 is 1.29 bits per heavy atom. The molecule has 0 amide bonds. The smallest absolute Gasteiger partial charge is 0.179 e. The van der Waals surface area contributed by atoms with Gasteiger partial charge in [0.15, 0.2) is 5.78 Å². The molecule has 0 radical (unpaired) electrons. The predicted molar refractivity (Wildman–Crippen MR) is 88.0 cm³/mol. The highest BCUT2D eigenvalue weighted by molar-refractivity contribution is 6.01. The Morgan fingerprint density at radius 2 is 1.95 bits per heavy atom. The largest absolute Gasteiger partial charge is 0.302 e. The Kier molecular flexibility index (Phi) is 5.54. The van der Waals surface area contributed by atoms with Crippen LogP contribution in [0.3, 0.4) is 0 Å². The fraction of sp³-hybridized carbons (Fsp3) is 0.611. The molecule has 0 N–H and O–H groups in total. The van der Waals surface area contributed by atoms with Crippen LogP contribution in [-0.2, 0) is 0 Å². The Morgan fingerprint density at radius 3 is 2.62 bits per heavy atom. The summed E-state index contributed by atoms with van der Waals surface area (Å²) in [7, 11) is 2.06. The summed E-state index contributed by atoms with van der Waals surface area (Å²) in [5.74, 6) is 0.236. The maximum absolute atomic E-state index is 12.7. The van der Waals surface area contributed by atoms with Crippen LogP contribution in [-0.4, -0.2) is 54.9 Å². The van der Waals surface area contributed by atoms with Crippen molar-refractivity contribution in [3.05, 3.63) is 34.9 Å². The van der Waals surface area contributed by atoms with Crippen molar-refractivity contribution in [2.24, 2.45) is 0 Å². The third-order valence-corrected chi connectivity index (χ3v) is 4.67. The van der Waals surface area contributed by atoms with E-state index in [-0.39, 0.29) is 11.8 Å². The highest BCUT2D eigenvalue weighted by Gasteiger charge is 2.22. The van der Waals surface area contributed by atoms with Crippen LogP contribution in [0, 0.1) is 13.8 Å². The van der Waals surface area contributed by atoms with Gasteiger partial charge >= 0.3 is 0 Å². The summed E-state index contributed by atoms with van der Waals surface area (Å²) in [6, 6.07) is 6.06. The molecular weight excluding hydrogens is 260 g/mol. The first-order valence-electron chi connectivity index (χ1n) is 8.03. The van der Waals surface area contributed by atoms with Gasteiger partial charge in [-0.25, -0.2) is 0 Å². The third kappa shape index (κ3) is 4.14. The summed E-state index contributed by atoms with van der Waals surface area (Å²) in [5.41, 5.74) is 3.09. The minimum absolute atomic E-state index is 0.0619. The van der Waals surface area contributed by atoms with Gasteiger partial charge in [0.2, 0.25) is 0 Å². The topological polar surface area (TPSA) is 23.6 Å². The van der Waals surface area contributed by atoms with Crippen LogP contribution < -0.4 is 0 Å². The van der Waals surface area contributed by atoms with Gasteiger partial charge in [-0.1, -0.05) is 17.7 Å². The minimum atomic E-state index is -0.0619. The Hall–Kier alpha value is -1.19. The number of Topliss-reactive ketones (excluding diaryl/α,β-unsaturated/α-hetero) is 1. The van der Waals surface area contributed by atoms with Gasteiger partial charge in [0.05, 0.1) is 6.04 Å². The van der Waals surface area contributed by atoms with Crippen molar-refractivity contribution in [1.29, 1.82) is 0 Å². The lowest BCUT2D eigenvalue weighted by Gasteiger charge is -2.26. The van der Waals surface area contributed by atoms with Gasteiger partial charge in [-0.15, -0.1) is 0 Å². The highest BCUT2D eigenvalue weighted by atomic mass is 16.1. The second-order valence-corrected chi connectivity index (χ2v) is 6.39. The molecule has 1 aromatic carbocycles. The highest BCUT2D eigenvalue weighted by Crippen LogP contribution is 2.15. The number of carbonyl (C=O) groups excluding carboxylic acids is 1. The molecule has 3 heteroatoms. The van der Waals surface area contributed by atoms with Crippen LogP contribution in [0.1, 0.15) is 41.3 Å². The lowest BCUT2D eigenvalue weighted by Crippen LogP contribution is -2.40. The first-order chi connectivity index (χ1) is 9.99. The van der Waals surface area contributed by atoms with Crippen LogP contribution in [0.4, 0.5) is 0 Å². The van der Waals surface area contributed by atoms with E-state index in [1.807, 2.05) is 32.9 Å². The number of likely N-dealkylation sites (tertiary alicyclic amines) is 1. The molecule has 0 spiro atoms. The van der Waals surface area contributed by atoms with Crippen molar-refractivity contribution in [3.8, 4) is 0 Å². The van der Waals surface area contributed by atoms with Crippen molar-refractivity contribution in [2.75, 3.05) is 33.2 Å². The van der Waals surface area contributed by atoms with Crippen molar-refractivity contribution in [1.82, 2.24) is 9.80 Å². The van der Waals surface area contributed by atoms with Crippen molar-refractivity contribution in [3.63, 3.8) is 0 Å². The molecule has 0 saturated carbocycles. The number of hydrogen-bond donors (Lipinski definition) is 0. The number of likely N-dealkylation sites (N-methyl/N-ethyl adjacent to an activating group) is 1. The zero-order valence-electron chi connectivity index (χ0n) is 13.9. The van der Waals surface area contributed by atoms with Crippen molar-refractivity contribution >= 4 is 5.78 Å². The Balaban J connectivity index is 1.95. The molecule has 1 fully saturated rings. The van der Waals surface area contributed by atoms with E-state index in [1.54, 1.807) is 0 Å². The van der Waals surface area contributed by atoms with E-state index in [1.165, 1.54) is 25.9 Å². The second kappa shape index (κ2) is 7.19. The maximum Gasteiger partial charge on any atom is 0.179 e. The first kappa shape index (κ1) is 16.2. The van der Waals surface area contributed by atoms with Crippen LogP contribution in [0.25, 0.3) is 0 Å². The van der Waals surface area contributed by atoms with Crippen LogP contribution in [0.5, 0.6) is 0 Å². The zero-order chi connectivity index (χ0) is 15.4. The monoisotopic (exact) mass is 288 g/mol. The molecule has 3 nitrogen and oxygen atoms in total. The van der Waals surface area contributed by atoms with E-state index in [0.29, 0.717) is 0 Å². The Labute approximate surface area is 128 Å². The van der Waals surface area contributed by atoms with Gasteiger partial charge in [-0.05, 0) is 65.4 Å². The predicted octanol–water partition coefficient (Wildman–Crippen LogP) is 2.90. The van der Waals surface area contributed by atoms with E-state index in [0.717, 1.165) is 29.8 Å². The summed E-state index contributed by atoms with van der Waals surface area (Å²) in [5, 5.41) is 0. The molecule has 0 aromatic heterocycles. The number of ketones is 1. The van der Waals surface area contributed by atoms with E-state index in [2.05, 4.69) is 22.9 Å². The fourth-order valence-corrected chi connectivity index (χ4v) is 2.93. The van der Waals surface area contributed by atoms with Gasteiger partial charge < -0.3 is 4.90 Å². The van der Waals surface area contributed by atoms with Crippen LogP contribution in [0.15, 0.2) is 18.2 Å². The maximum atomic E-state index is 12.7. The summed E-state index contributed by atoms with van der Waals surface area (Å²) < 4.78 is 0. The molecule has 0 aliphatic carbocycles. The van der Waals surface area contributed by atoms with Crippen molar-refractivity contribution < 1.29 is 4.79 Å². The van der Waals surface area contributed by atoms with Gasteiger partial charge in [0.25, 0.3) is 0 Å². The number of hydrogen-bond acceptors (Lipinski definition) is 3. The number of benzene rings is 1. The zero-order valence-corrected chi connectivity index (χ0v) is 13.9. The molecule has 0 bridgehead atoms. The summed E-state index contributed by atoms with van der Waals surface area (Å²) in [4.78, 5) is 17.4. The fourth-order valence-electron chi connectivity index (χ4n) is 2.93. The van der Waals surface area contributed by atoms with E-state index < -0.39 is 0 Å². The normalized spacial score (nSPS) is 17.4. The molecule has 21 heavy (non-hydrogen) atoms. The molecule has 1 unspecified atom stereocenters. The van der Waals surface area contributed by atoms with E-state index in [9.17, 15) is 4.79 Å². The quantitative estimate of drug-likeness (QED) is 0.752. The SMILES string of the molecule is Cc1ccc(C)c(C(=O)C(C)N(C)CCN2CCCC2)c1. The van der Waals surface area contributed by atoms with Crippen molar-refractivity contribution in [2.45, 2.75) is 39.7 Å². The number of rotatable bonds is 6. The van der Waals surface area contributed by atoms with Gasteiger partial charge in [0, 0.05) is 18.7 Å². The molecular formula is C18H28N2O. The second-order valence-electron chi connectivity index (χ2n) is 6.39. The number of aryl methyl sites for hydroxylation is 2. The molecule has 1 saturated heterocycles. The molecule has 1 aliphatic rings. The molecule has 1 atom stereocenters. The lowest BCUT2D eigenvalue weighted by molar-refractivity contribution is 0.0858. The third-order valence-electron chi connectivity index (χ3n) is 4.67. The summed E-state index contributed by atoms with van der Waals surface area (Å²) in [6.45, 7) is 10.5. The minimum Gasteiger partial charge on any atom is -0.302 e. The first-order valence-corrected chi connectivity index (χ1v) is 8.03. The number of nitrogens with zero attached hydrogens (tertiary/aromatic N) is 2. The molecule has 2 rings (SSSR count). The average molecular weight is 288 g/mol. The lowest BCUT2D eigenvalue weighted by atomic mass is 9.98. The van der Waals surface area contributed by atoms with E-state index in [4.69, 9.17) is 0 Å². The average Bonchev–Trinajstić information content (AvgIpc) is 2.99.